The molecule has 1 fully saturated rings. The zero-order valence-electron chi connectivity index (χ0n) is 8.45. The van der Waals surface area contributed by atoms with Crippen molar-refractivity contribution in [3.63, 3.8) is 0 Å². The van der Waals surface area contributed by atoms with Crippen LogP contribution in [0.2, 0.25) is 0 Å². The van der Waals surface area contributed by atoms with Crippen LogP contribution in [-0.2, 0) is 19.0 Å². The standard InChI is InChI=1S/C9H17NO4/c1-12-9(11)2-4-10-6-8-3-5-13-7-14-8/h8,10H,2-7H2,1H3. The highest BCUT2D eigenvalue weighted by molar-refractivity contribution is 5.69. The molecule has 0 radical (unpaired) electrons. The molecule has 0 aromatic rings. The largest absolute Gasteiger partial charge is 0.469 e. The monoisotopic (exact) mass is 203 g/mol. The summed E-state index contributed by atoms with van der Waals surface area (Å²) >= 11 is 0. The molecule has 0 aliphatic carbocycles. The molecule has 0 aromatic heterocycles. The van der Waals surface area contributed by atoms with Crippen molar-refractivity contribution in [1.29, 1.82) is 0 Å². The third-order valence-corrected chi connectivity index (χ3v) is 2.08. The molecule has 1 aliphatic rings. The Kier molecular flexibility index (Phi) is 5.51. The molecular formula is C9H17NO4. The zero-order chi connectivity index (χ0) is 10.2. The summed E-state index contributed by atoms with van der Waals surface area (Å²) in [5, 5.41) is 3.14. The normalized spacial score (nSPS) is 21.9. The second-order valence-electron chi connectivity index (χ2n) is 3.13. The lowest BCUT2D eigenvalue weighted by atomic mass is 10.2. The van der Waals surface area contributed by atoms with Gasteiger partial charge in [0.05, 0.1) is 26.2 Å². The van der Waals surface area contributed by atoms with Gasteiger partial charge in [-0.05, 0) is 6.42 Å². The molecule has 0 saturated carbocycles. The molecular weight excluding hydrogens is 186 g/mol. The minimum atomic E-state index is -0.189. The zero-order valence-corrected chi connectivity index (χ0v) is 8.45. The van der Waals surface area contributed by atoms with Crippen LogP contribution in [0, 0.1) is 0 Å². The van der Waals surface area contributed by atoms with Crippen LogP contribution in [0.25, 0.3) is 0 Å². The highest BCUT2D eigenvalue weighted by atomic mass is 16.7. The van der Waals surface area contributed by atoms with Gasteiger partial charge in [-0.1, -0.05) is 0 Å². The van der Waals surface area contributed by atoms with E-state index in [9.17, 15) is 4.79 Å². The maximum atomic E-state index is 10.7. The summed E-state index contributed by atoms with van der Waals surface area (Å²) < 4.78 is 14.9. The molecule has 1 unspecified atom stereocenters. The number of carbonyl (C=O) groups excluding carboxylic acids is 1. The minimum Gasteiger partial charge on any atom is -0.469 e. The van der Waals surface area contributed by atoms with Crippen molar-refractivity contribution in [1.82, 2.24) is 5.32 Å². The van der Waals surface area contributed by atoms with Crippen LogP contribution in [0.4, 0.5) is 0 Å². The van der Waals surface area contributed by atoms with E-state index in [2.05, 4.69) is 10.1 Å². The summed E-state index contributed by atoms with van der Waals surface area (Å²) in [5.41, 5.74) is 0. The second-order valence-corrected chi connectivity index (χ2v) is 3.13. The molecule has 0 aromatic carbocycles. The molecule has 0 amide bonds. The first kappa shape index (κ1) is 11.4. The third-order valence-electron chi connectivity index (χ3n) is 2.08. The fraction of sp³-hybridized carbons (Fsp3) is 0.889. The van der Waals surface area contributed by atoms with E-state index in [0.29, 0.717) is 19.8 Å². The van der Waals surface area contributed by atoms with Gasteiger partial charge in [0.1, 0.15) is 6.79 Å². The van der Waals surface area contributed by atoms with Gasteiger partial charge in [-0.3, -0.25) is 4.79 Å². The lowest BCUT2D eigenvalue weighted by Crippen LogP contribution is -2.34. The Balaban J connectivity index is 1.94. The van der Waals surface area contributed by atoms with Gasteiger partial charge in [0.2, 0.25) is 0 Å². The average Bonchev–Trinajstić information content (AvgIpc) is 2.25. The fourth-order valence-corrected chi connectivity index (χ4v) is 1.22. The Morgan fingerprint density at radius 1 is 1.64 bits per heavy atom. The number of methoxy groups -OCH3 is 1. The molecule has 1 rings (SSSR count). The highest BCUT2D eigenvalue weighted by Gasteiger charge is 2.13. The summed E-state index contributed by atoms with van der Waals surface area (Å²) in [6.07, 6.45) is 1.52. The van der Waals surface area contributed by atoms with Gasteiger partial charge in [0.15, 0.2) is 0 Å². The number of hydrogen-bond donors (Lipinski definition) is 1. The van der Waals surface area contributed by atoms with Crippen molar-refractivity contribution in [3.8, 4) is 0 Å². The summed E-state index contributed by atoms with van der Waals surface area (Å²) in [7, 11) is 1.39. The van der Waals surface area contributed by atoms with E-state index in [0.717, 1.165) is 19.6 Å². The SMILES string of the molecule is COC(=O)CCNCC1CCOCO1. The molecule has 1 saturated heterocycles. The van der Waals surface area contributed by atoms with E-state index < -0.39 is 0 Å². The van der Waals surface area contributed by atoms with Crippen molar-refractivity contribution in [3.05, 3.63) is 0 Å². The maximum Gasteiger partial charge on any atom is 0.306 e. The quantitative estimate of drug-likeness (QED) is 0.499. The van der Waals surface area contributed by atoms with Crippen molar-refractivity contribution in [2.24, 2.45) is 0 Å². The van der Waals surface area contributed by atoms with E-state index in [-0.39, 0.29) is 12.1 Å². The van der Waals surface area contributed by atoms with Crippen molar-refractivity contribution in [2.45, 2.75) is 18.9 Å². The highest BCUT2D eigenvalue weighted by Crippen LogP contribution is 2.04. The van der Waals surface area contributed by atoms with Gasteiger partial charge in [0, 0.05) is 13.1 Å². The summed E-state index contributed by atoms with van der Waals surface area (Å²) in [5.74, 6) is -0.189. The van der Waals surface area contributed by atoms with Crippen LogP contribution in [0.5, 0.6) is 0 Å². The fourth-order valence-electron chi connectivity index (χ4n) is 1.22. The van der Waals surface area contributed by atoms with E-state index in [1.165, 1.54) is 7.11 Å². The Hall–Kier alpha value is -0.650. The molecule has 5 heteroatoms. The topological polar surface area (TPSA) is 56.8 Å². The Morgan fingerprint density at radius 3 is 3.14 bits per heavy atom. The lowest BCUT2D eigenvalue weighted by molar-refractivity contribution is -0.141. The molecule has 0 spiro atoms. The first-order valence-electron chi connectivity index (χ1n) is 4.80. The van der Waals surface area contributed by atoms with E-state index in [4.69, 9.17) is 9.47 Å². The number of ether oxygens (including phenoxy) is 3. The molecule has 82 valence electrons. The summed E-state index contributed by atoms with van der Waals surface area (Å²) in [6.45, 7) is 2.53. The molecule has 1 aliphatic heterocycles. The number of esters is 1. The van der Waals surface area contributed by atoms with Crippen LogP contribution < -0.4 is 5.32 Å². The van der Waals surface area contributed by atoms with Crippen LogP contribution in [-0.4, -0.2) is 45.7 Å². The predicted octanol–water partition coefficient (Wildman–Crippen LogP) is -0.0979. The van der Waals surface area contributed by atoms with Gasteiger partial charge in [-0.2, -0.15) is 0 Å². The van der Waals surface area contributed by atoms with Crippen LogP contribution in [0.1, 0.15) is 12.8 Å². The molecule has 5 nitrogen and oxygen atoms in total. The maximum absolute atomic E-state index is 10.7. The Morgan fingerprint density at radius 2 is 2.50 bits per heavy atom. The Bertz CT molecular complexity index is 168. The first-order chi connectivity index (χ1) is 6.83. The van der Waals surface area contributed by atoms with Crippen molar-refractivity contribution < 1.29 is 19.0 Å². The van der Waals surface area contributed by atoms with E-state index in [1.807, 2.05) is 0 Å². The smallest absolute Gasteiger partial charge is 0.306 e. The van der Waals surface area contributed by atoms with Gasteiger partial charge < -0.3 is 19.5 Å². The lowest BCUT2D eigenvalue weighted by Gasteiger charge is -2.22. The van der Waals surface area contributed by atoms with Gasteiger partial charge in [-0.15, -0.1) is 0 Å². The predicted molar refractivity (Wildman–Crippen MR) is 49.8 cm³/mol. The average molecular weight is 203 g/mol. The number of nitrogens with one attached hydrogen (secondary N) is 1. The van der Waals surface area contributed by atoms with Crippen molar-refractivity contribution >= 4 is 5.97 Å². The van der Waals surface area contributed by atoms with Gasteiger partial charge in [0.25, 0.3) is 0 Å². The molecule has 1 N–H and O–H groups in total. The minimum absolute atomic E-state index is 0.189. The van der Waals surface area contributed by atoms with Crippen LogP contribution in [0.15, 0.2) is 0 Å². The Labute approximate surface area is 83.7 Å². The first-order valence-corrected chi connectivity index (χ1v) is 4.80. The molecule has 1 atom stereocenters. The van der Waals surface area contributed by atoms with Gasteiger partial charge in [-0.25, -0.2) is 0 Å². The molecule has 1 heterocycles. The molecule has 0 bridgehead atoms. The summed E-state index contributed by atoms with van der Waals surface area (Å²) in [6, 6.07) is 0. The van der Waals surface area contributed by atoms with E-state index in [1.54, 1.807) is 0 Å². The number of rotatable bonds is 5. The second kappa shape index (κ2) is 6.75. The van der Waals surface area contributed by atoms with E-state index >= 15 is 0 Å². The summed E-state index contributed by atoms with van der Waals surface area (Å²) in [4.78, 5) is 10.7. The van der Waals surface area contributed by atoms with Crippen LogP contribution in [0.3, 0.4) is 0 Å². The van der Waals surface area contributed by atoms with Crippen molar-refractivity contribution in [2.75, 3.05) is 33.6 Å². The van der Waals surface area contributed by atoms with Crippen LogP contribution >= 0.6 is 0 Å². The van der Waals surface area contributed by atoms with Gasteiger partial charge >= 0.3 is 5.97 Å². The number of hydrogen-bond acceptors (Lipinski definition) is 5. The third kappa shape index (κ3) is 4.55. The molecule has 14 heavy (non-hydrogen) atoms. The number of carbonyl (C=O) groups is 1.